The van der Waals surface area contributed by atoms with Crippen LogP contribution in [0.25, 0.3) is 0 Å². The molecule has 1 atom stereocenters. The topological polar surface area (TPSA) is 98.8 Å². The monoisotopic (exact) mass is 445 g/mol. The Labute approximate surface area is 172 Å². The number of Topliss-reactive ketones (excluding diaryl/α,β-unsaturated/α-hetero) is 1. The van der Waals surface area contributed by atoms with Gasteiger partial charge in [0.2, 0.25) is 15.8 Å². The Hall–Kier alpha value is -2.13. The quantitative estimate of drug-likeness (QED) is 0.494. The van der Waals surface area contributed by atoms with Crippen molar-refractivity contribution in [2.45, 2.75) is 17.9 Å². The second-order valence-corrected chi connectivity index (χ2v) is 8.18. The van der Waals surface area contributed by atoms with Crippen LogP contribution in [0.15, 0.2) is 47.4 Å². The van der Waals surface area contributed by atoms with E-state index < -0.39 is 34.4 Å². The molecule has 0 bridgehead atoms. The van der Waals surface area contributed by atoms with E-state index in [1.807, 2.05) is 0 Å². The van der Waals surface area contributed by atoms with Crippen molar-refractivity contribution in [1.82, 2.24) is 4.72 Å². The molecule has 0 aliphatic heterocycles. The van der Waals surface area contributed by atoms with Gasteiger partial charge in [0.1, 0.15) is 11.8 Å². The summed E-state index contributed by atoms with van der Waals surface area (Å²) in [5.74, 6) is -1.05. The number of halogens is 2. The smallest absolute Gasteiger partial charge is 0.324 e. The third kappa shape index (κ3) is 5.45. The summed E-state index contributed by atoms with van der Waals surface area (Å²) < 4.78 is 36.9. The molecule has 10 heteroatoms. The number of nitrogens with one attached hydrogen (secondary N) is 1. The van der Waals surface area contributed by atoms with Crippen LogP contribution in [0.4, 0.5) is 0 Å². The summed E-state index contributed by atoms with van der Waals surface area (Å²) in [6, 6.07) is 8.98. The lowest BCUT2D eigenvalue weighted by Crippen LogP contribution is -2.40. The van der Waals surface area contributed by atoms with Crippen LogP contribution in [0, 0.1) is 0 Å². The maximum absolute atomic E-state index is 12.3. The van der Waals surface area contributed by atoms with Crippen molar-refractivity contribution in [2.24, 2.45) is 0 Å². The molecule has 0 aliphatic carbocycles. The van der Waals surface area contributed by atoms with E-state index in [4.69, 9.17) is 32.7 Å². The predicted molar refractivity (Wildman–Crippen MR) is 105 cm³/mol. The van der Waals surface area contributed by atoms with E-state index >= 15 is 0 Å². The van der Waals surface area contributed by atoms with Gasteiger partial charge in [-0.2, -0.15) is 4.72 Å². The fourth-order valence-electron chi connectivity index (χ4n) is 2.21. The summed E-state index contributed by atoms with van der Waals surface area (Å²) in [6.45, 7) is 0.739. The molecule has 28 heavy (non-hydrogen) atoms. The van der Waals surface area contributed by atoms with Gasteiger partial charge in [0.05, 0.1) is 27.6 Å². The van der Waals surface area contributed by atoms with Crippen LogP contribution >= 0.6 is 23.2 Å². The standard InChI is InChI=1S/C18H17Cl2NO6S/c1-11(21-28(24,25)12-7-8-14(19)15(20)9-12)18(23)27-10-16(22)13-5-3-4-6-17(13)26-2/h3-9,11,21H,10H2,1-2H3. The first-order valence-electron chi connectivity index (χ1n) is 7.96. The average Bonchev–Trinajstić information content (AvgIpc) is 2.67. The molecular formula is C18H17Cl2NO6S. The molecule has 7 nitrogen and oxygen atoms in total. The van der Waals surface area contributed by atoms with Gasteiger partial charge in [0.15, 0.2) is 6.61 Å². The highest BCUT2D eigenvalue weighted by Crippen LogP contribution is 2.25. The molecule has 0 fully saturated rings. The lowest BCUT2D eigenvalue weighted by atomic mass is 10.1. The van der Waals surface area contributed by atoms with E-state index in [1.54, 1.807) is 18.2 Å². The molecule has 0 heterocycles. The minimum Gasteiger partial charge on any atom is -0.496 e. The third-order valence-electron chi connectivity index (χ3n) is 3.64. The maximum Gasteiger partial charge on any atom is 0.324 e. The second kappa shape index (κ2) is 9.38. The zero-order chi connectivity index (χ0) is 20.9. The highest BCUT2D eigenvalue weighted by Gasteiger charge is 2.24. The number of methoxy groups -OCH3 is 1. The Kier molecular flexibility index (Phi) is 7.42. The van der Waals surface area contributed by atoms with Gasteiger partial charge in [0.25, 0.3) is 0 Å². The van der Waals surface area contributed by atoms with Crippen molar-refractivity contribution in [3.63, 3.8) is 0 Å². The minimum absolute atomic E-state index is 0.0576. The van der Waals surface area contributed by atoms with Crippen LogP contribution in [-0.2, 0) is 19.6 Å². The van der Waals surface area contributed by atoms with Gasteiger partial charge in [-0.1, -0.05) is 35.3 Å². The molecule has 0 amide bonds. The van der Waals surface area contributed by atoms with Crippen LogP contribution in [0.2, 0.25) is 10.0 Å². The van der Waals surface area contributed by atoms with Crippen molar-refractivity contribution in [1.29, 1.82) is 0 Å². The normalized spacial score (nSPS) is 12.3. The van der Waals surface area contributed by atoms with Gasteiger partial charge in [-0.3, -0.25) is 9.59 Å². The lowest BCUT2D eigenvalue weighted by Gasteiger charge is -2.14. The van der Waals surface area contributed by atoms with E-state index in [1.165, 1.54) is 32.2 Å². The fourth-order valence-corrected chi connectivity index (χ4v) is 3.79. The van der Waals surface area contributed by atoms with E-state index in [0.29, 0.717) is 5.75 Å². The average molecular weight is 446 g/mol. The maximum atomic E-state index is 12.3. The Balaban J connectivity index is 2.00. The Morgan fingerprint density at radius 1 is 1.11 bits per heavy atom. The van der Waals surface area contributed by atoms with Gasteiger partial charge in [-0.25, -0.2) is 8.42 Å². The second-order valence-electron chi connectivity index (χ2n) is 5.65. The zero-order valence-corrected chi connectivity index (χ0v) is 17.3. The number of sulfonamides is 1. The summed E-state index contributed by atoms with van der Waals surface area (Å²) >= 11 is 11.6. The number of esters is 1. The minimum atomic E-state index is -4.04. The van der Waals surface area contributed by atoms with Gasteiger partial charge >= 0.3 is 5.97 Å². The summed E-state index contributed by atoms with van der Waals surface area (Å²) in [7, 11) is -2.63. The third-order valence-corrected chi connectivity index (χ3v) is 5.92. The summed E-state index contributed by atoms with van der Waals surface area (Å²) in [4.78, 5) is 24.1. The zero-order valence-electron chi connectivity index (χ0n) is 14.9. The van der Waals surface area contributed by atoms with Crippen LogP contribution < -0.4 is 9.46 Å². The van der Waals surface area contributed by atoms with E-state index in [0.717, 1.165) is 6.07 Å². The van der Waals surface area contributed by atoms with Crippen molar-refractivity contribution in [3.05, 3.63) is 58.1 Å². The highest BCUT2D eigenvalue weighted by molar-refractivity contribution is 7.89. The first kappa shape index (κ1) is 22.2. The van der Waals surface area contributed by atoms with Gasteiger partial charge in [0, 0.05) is 0 Å². The van der Waals surface area contributed by atoms with Crippen molar-refractivity contribution < 1.29 is 27.5 Å². The fraction of sp³-hybridized carbons (Fsp3) is 0.222. The summed E-state index contributed by atoms with van der Waals surface area (Å²) in [5.41, 5.74) is 0.252. The molecule has 150 valence electrons. The molecule has 2 aromatic carbocycles. The summed E-state index contributed by atoms with van der Waals surface area (Å²) in [6.07, 6.45) is 0. The number of carbonyl (C=O) groups excluding carboxylic acids is 2. The molecule has 0 radical (unpaired) electrons. The number of hydrogen-bond donors (Lipinski definition) is 1. The molecule has 2 rings (SSSR count). The number of hydrogen-bond acceptors (Lipinski definition) is 6. The van der Waals surface area contributed by atoms with E-state index in [2.05, 4.69) is 4.72 Å². The van der Waals surface area contributed by atoms with Crippen LogP contribution in [0.1, 0.15) is 17.3 Å². The van der Waals surface area contributed by atoms with Crippen LogP contribution in [0.5, 0.6) is 5.75 Å². The number of ketones is 1. The number of carbonyl (C=O) groups is 2. The number of para-hydroxylation sites is 1. The van der Waals surface area contributed by atoms with Gasteiger partial charge in [-0.05, 0) is 37.3 Å². The van der Waals surface area contributed by atoms with Gasteiger partial charge < -0.3 is 9.47 Å². The SMILES string of the molecule is COc1ccccc1C(=O)COC(=O)C(C)NS(=O)(=O)c1ccc(Cl)c(Cl)c1. The molecule has 0 aliphatic rings. The first-order valence-corrected chi connectivity index (χ1v) is 10.2. The number of rotatable bonds is 8. The Morgan fingerprint density at radius 2 is 1.79 bits per heavy atom. The molecule has 0 saturated heterocycles. The van der Waals surface area contributed by atoms with Crippen LogP contribution in [0.3, 0.4) is 0 Å². The highest BCUT2D eigenvalue weighted by atomic mass is 35.5. The molecule has 2 aromatic rings. The Bertz CT molecular complexity index is 993. The molecule has 0 spiro atoms. The molecule has 1 unspecified atom stereocenters. The van der Waals surface area contributed by atoms with E-state index in [-0.39, 0.29) is 20.5 Å². The first-order chi connectivity index (χ1) is 13.2. The van der Waals surface area contributed by atoms with Crippen molar-refractivity contribution in [2.75, 3.05) is 13.7 Å². The largest absolute Gasteiger partial charge is 0.496 e. The predicted octanol–water partition coefficient (Wildman–Crippen LogP) is 3.09. The van der Waals surface area contributed by atoms with E-state index in [9.17, 15) is 18.0 Å². The van der Waals surface area contributed by atoms with Crippen molar-refractivity contribution in [3.8, 4) is 5.75 Å². The van der Waals surface area contributed by atoms with Crippen molar-refractivity contribution >= 4 is 45.0 Å². The summed E-state index contributed by atoms with van der Waals surface area (Å²) in [5, 5.41) is 0.255. The molecule has 0 aromatic heterocycles. The molecular weight excluding hydrogens is 429 g/mol. The Morgan fingerprint density at radius 3 is 2.43 bits per heavy atom. The molecule has 1 N–H and O–H groups in total. The van der Waals surface area contributed by atoms with Crippen LogP contribution in [-0.4, -0.2) is 39.9 Å². The van der Waals surface area contributed by atoms with Gasteiger partial charge in [-0.15, -0.1) is 0 Å². The lowest BCUT2D eigenvalue weighted by molar-refractivity contribution is -0.144. The number of benzene rings is 2. The number of ether oxygens (including phenoxy) is 2. The molecule has 0 saturated carbocycles.